The molecule has 0 heterocycles. The lowest BCUT2D eigenvalue weighted by Gasteiger charge is -2.08. The summed E-state index contributed by atoms with van der Waals surface area (Å²) in [6, 6.07) is 1.70. The van der Waals surface area contributed by atoms with Crippen LogP contribution in [0.15, 0.2) is 0 Å². The Balaban J connectivity index is 3.60. The highest BCUT2D eigenvalue weighted by Gasteiger charge is 2.08. The van der Waals surface area contributed by atoms with Gasteiger partial charge in [-0.2, -0.15) is 5.26 Å². The topological polar surface area (TPSA) is 59.3 Å². The van der Waals surface area contributed by atoms with Gasteiger partial charge in [-0.05, 0) is 6.42 Å². The SMILES string of the molecule is CCCOC(C#N)OC(C)=O. The number of nitriles is 1. The molecule has 0 spiro atoms. The van der Waals surface area contributed by atoms with Gasteiger partial charge in [-0.25, -0.2) is 0 Å². The van der Waals surface area contributed by atoms with Crippen molar-refractivity contribution in [3.05, 3.63) is 0 Å². The quantitative estimate of drug-likeness (QED) is 0.448. The van der Waals surface area contributed by atoms with E-state index in [0.29, 0.717) is 6.61 Å². The Morgan fingerprint density at radius 3 is 2.73 bits per heavy atom. The number of carbonyl (C=O) groups is 1. The van der Waals surface area contributed by atoms with Crippen LogP contribution in [-0.4, -0.2) is 18.9 Å². The molecule has 0 aliphatic rings. The molecule has 0 aromatic rings. The minimum Gasteiger partial charge on any atom is -0.422 e. The van der Waals surface area contributed by atoms with Gasteiger partial charge in [0, 0.05) is 6.92 Å². The molecule has 0 aliphatic carbocycles. The average molecular weight is 157 g/mol. The molecule has 0 saturated heterocycles. The predicted molar refractivity (Wildman–Crippen MR) is 37.4 cm³/mol. The molecule has 1 atom stereocenters. The molecule has 11 heavy (non-hydrogen) atoms. The number of esters is 1. The van der Waals surface area contributed by atoms with Crippen molar-refractivity contribution in [1.29, 1.82) is 5.26 Å². The summed E-state index contributed by atoms with van der Waals surface area (Å²) in [5.41, 5.74) is 0. The van der Waals surface area contributed by atoms with E-state index in [-0.39, 0.29) is 0 Å². The van der Waals surface area contributed by atoms with E-state index in [0.717, 1.165) is 6.42 Å². The number of nitrogens with zero attached hydrogens (tertiary/aromatic N) is 1. The van der Waals surface area contributed by atoms with Gasteiger partial charge in [0.25, 0.3) is 6.29 Å². The van der Waals surface area contributed by atoms with Crippen LogP contribution in [-0.2, 0) is 14.3 Å². The molecule has 4 heteroatoms. The molecule has 0 fully saturated rings. The highest BCUT2D eigenvalue weighted by Crippen LogP contribution is 1.94. The van der Waals surface area contributed by atoms with Gasteiger partial charge in [-0.1, -0.05) is 6.92 Å². The van der Waals surface area contributed by atoms with Crippen molar-refractivity contribution in [3.63, 3.8) is 0 Å². The number of rotatable bonds is 4. The molecule has 0 saturated carbocycles. The van der Waals surface area contributed by atoms with Crippen LogP contribution in [0.1, 0.15) is 20.3 Å². The summed E-state index contributed by atoms with van der Waals surface area (Å²) in [5.74, 6) is -0.507. The fourth-order valence-corrected chi connectivity index (χ4v) is 0.473. The van der Waals surface area contributed by atoms with Crippen LogP contribution >= 0.6 is 0 Å². The van der Waals surface area contributed by atoms with Gasteiger partial charge >= 0.3 is 5.97 Å². The lowest BCUT2D eigenvalue weighted by atomic mass is 10.5. The predicted octanol–water partition coefficient (Wildman–Crippen LogP) is 0.826. The second-order valence-electron chi connectivity index (χ2n) is 1.94. The van der Waals surface area contributed by atoms with Gasteiger partial charge < -0.3 is 9.47 Å². The van der Waals surface area contributed by atoms with Gasteiger partial charge in [0.15, 0.2) is 0 Å². The monoisotopic (exact) mass is 157 g/mol. The lowest BCUT2D eigenvalue weighted by Crippen LogP contribution is -2.18. The lowest BCUT2D eigenvalue weighted by molar-refractivity contribution is -0.164. The maximum absolute atomic E-state index is 10.3. The van der Waals surface area contributed by atoms with Gasteiger partial charge in [-0.15, -0.1) is 0 Å². The van der Waals surface area contributed by atoms with E-state index in [1.807, 2.05) is 6.92 Å². The minimum absolute atomic E-state index is 0.422. The van der Waals surface area contributed by atoms with Gasteiger partial charge in [0.1, 0.15) is 6.07 Å². The summed E-state index contributed by atoms with van der Waals surface area (Å²) in [5, 5.41) is 8.35. The Morgan fingerprint density at radius 2 is 2.36 bits per heavy atom. The van der Waals surface area contributed by atoms with Crippen molar-refractivity contribution in [1.82, 2.24) is 0 Å². The van der Waals surface area contributed by atoms with Gasteiger partial charge in [-0.3, -0.25) is 4.79 Å². The van der Waals surface area contributed by atoms with Crippen molar-refractivity contribution < 1.29 is 14.3 Å². The molecule has 62 valence electrons. The maximum Gasteiger partial charge on any atom is 0.305 e. The van der Waals surface area contributed by atoms with E-state index < -0.39 is 12.3 Å². The second kappa shape index (κ2) is 5.69. The molecule has 0 bridgehead atoms. The third kappa shape index (κ3) is 5.37. The summed E-state index contributed by atoms with van der Waals surface area (Å²) in [4.78, 5) is 10.3. The van der Waals surface area contributed by atoms with E-state index in [2.05, 4.69) is 4.74 Å². The van der Waals surface area contributed by atoms with Crippen LogP contribution in [0.3, 0.4) is 0 Å². The normalized spacial score (nSPS) is 11.7. The van der Waals surface area contributed by atoms with Gasteiger partial charge in [0.2, 0.25) is 0 Å². The third-order valence-electron chi connectivity index (χ3n) is 0.852. The third-order valence-corrected chi connectivity index (χ3v) is 0.852. The highest BCUT2D eigenvalue weighted by molar-refractivity contribution is 5.66. The molecular formula is C7H11NO3. The first-order valence-corrected chi connectivity index (χ1v) is 3.39. The Labute approximate surface area is 65.7 Å². The Kier molecular flexibility index (Phi) is 5.13. The van der Waals surface area contributed by atoms with Crippen LogP contribution < -0.4 is 0 Å². The number of carbonyl (C=O) groups excluding carboxylic acids is 1. The van der Waals surface area contributed by atoms with E-state index in [4.69, 9.17) is 10.00 Å². The summed E-state index contributed by atoms with van der Waals surface area (Å²) in [6.07, 6.45) is -0.258. The van der Waals surface area contributed by atoms with Crippen molar-refractivity contribution >= 4 is 5.97 Å². The summed E-state index contributed by atoms with van der Waals surface area (Å²) in [7, 11) is 0. The van der Waals surface area contributed by atoms with Crippen LogP contribution in [0.25, 0.3) is 0 Å². The first kappa shape index (κ1) is 9.92. The zero-order valence-corrected chi connectivity index (χ0v) is 6.66. The fraction of sp³-hybridized carbons (Fsp3) is 0.714. The molecule has 0 N–H and O–H groups in total. The Hall–Kier alpha value is -1.08. The average Bonchev–Trinajstić information content (AvgIpc) is 1.97. The Morgan fingerprint density at radius 1 is 1.73 bits per heavy atom. The van der Waals surface area contributed by atoms with Crippen molar-refractivity contribution in [2.45, 2.75) is 26.6 Å². The molecule has 0 radical (unpaired) electrons. The second-order valence-corrected chi connectivity index (χ2v) is 1.94. The molecule has 1 unspecified atom stereocenters. The smallest absolute Gasteiger partial charge is 0.305 e. The molecule has 0 amide bonds. The summed E-state index contributed by atoms with van der Waals surface area (Å²) < 4.78 is 9.33. The van der Waals surface area contributed by atoms with Crippen molar-refractivity contribution in [2.24, 2.45) is 0 Å². The molecule has 0 aliphatic heterocycles. The van der Waals surface area contributed by atoms with Crippen LogP contribution in [0.4, 0.5) is 0 Å². The maximum atomic E-state index is 10.3. The first-order chi connectivity index (χ1) is 5.20. The summed E-state index contributed by atoms with van der Waals surface area (Å²) in [6.45, 7) is 3.56. The fourth-order valence-electron chi connectivity index (χ4n) is 0.473. The number of hydrogen-bond acceptors (Lipinski definition) is 4. The summed E-state index contributed by atoms with van der Waals surface area (Å²) >= 11 is 0. The van der Waals surface area contributed by atoms with Crippen LogP contribution in [0.2, 0.25) is 0 Å². The molecule has 0 aromatic carbocycles. The van der Waals surface area contributed by atoms with E-state index in [1.54, 1.807) is 6.07 Å². The van der Waals surface area contributed by atoms with E-state index in [9.17, 15) is 4.79 Å². The van der Waals surface area contributed by atoms with Crippen molar-refractivity contribution in [2.75, 3.05) is 6.61 Å². The number of hydrogen-bond donors (Lipinski definition) is 0. The first-order valence-electron chi connectivity index (χ1n) is 3.39. The van der Waals surface area contributed by atoms with E-state index >= 15 is 0 Å². The largest absolute Gasteiger partial charge is 0.422 e. The van der Waals surface area contributed by atoms with Gasteiger partial charge in [0.05, 0.1) is 6.61 Å². The number of ether oxygens (including phenoxy) is 2. The minimum atomic E-state index is -1.05. The zero-order chi connectivity index (χ0) is 8.69. The van der Waals surface area contributed by atoms with Crippen LogP contribution in [0, 0.1) is 11.3 Å². The molecule has 0 rings (SSSR count). The molecule has 4 nitrogen and oxygen atoms in total. The standard InChI is InChI=1S/C7H11NO3/c1-3-4-10-7(5-8)11-6(2)9/h7H,3-4H2,1-2H3. The van der Waals surface area contributed by atoms with E-state index in [1.165, 1.54) is 6.92 Å². The molecule has 0 aromatic heterocycles. The Bertz CT molecular complexity index is 162. The van der Waals surface area contributed by atoms with Crippen molar-refractivity contribution in [3.8, 4) is 6.07 Å². The van der Waals surface area contributed by atoms with Crippen LogP contribution in [0.5, 0.6) is 0 Å². The molecular weight excluding hydrogens is 146 g/mol. The zero-order valence-electron chi connectivity index (χ0n) is 6.66. The highest BCUT2D eigenvalue weighted by atomic mass is 16.7.